The molecule has 0 aliphatic rings. The molecule has 0 saturated carbocycles. The number of hydrogen-bond acceptors (Lipinski definition) is 3. The van der Waals surface area contributed by atoms with Gasteiger partial charge in [-0.1, -0.05) is 23.2 Å². The maximum atomic E-state index is 10.2. The van der Waals surface area contributed by atoms with Crippen molar-refractivity contribution in [2.45, 2.75) is 25.5 Å². The Kier molecular flexibility index (Phi) is 6.09. The lowest BCUT2D eigenvalue weighted by molar-refractivity contribution is 0.0317. The van der Waals surface area contributed by atoms with Crippen LogP contribution in [0.15, 0.2) is 18.2 Å². The van der Waals surface area contributed by atoms with Crippen LogP contribution in [0.1, 0.15) is 25.5 Å². The lowest BCUT2D eigenvalue weighted by Gasteiger charge is -2.29. The Morgan fingerprint density at radius 1 is 1.37 bits per heavy atom. The molecule has 19 heavy (non-hydrogen) atoms. The van der Waals surface area contributed by atoms with E-state index in [1.807, 2.05) is 38.9 Å². The molecule has 108 valence electrons. The van der Waals surface area contributed by atoms with Crippen LogP contribution in [0.5, 0.6) is 0 Å². The van der Waals surface area contributed by atoms with Gasteiger partial charge in [0.15, 0.2) is 0 Å². The Morgan fingerprint density at radius 3 is 2.58 bits per heavy atom. The number of rotatable bonds is 6. The Morgan fingerprint density at radius 2 is 2.00 bits per heavy atom. The smallest absolute Gasteiger partial charge is 0.0869 e. The van der Waals surface area contributed by atoms with Crippen LogP contribution in [-0.4, -0.2) is 42.8 Å². The fraction of sp³-hybridized carbons (Fsp3) is 0.571. The Balaban J connectivity index is 2.65. The molecule has 1 aromatic carbocycles. The van der Waals surface area contributed by atoms with Gasteiger partial charge < -0.3 is 15.3 Å². The van der Waals surface area contributed by atoms with E-state index in [9.17, 15) is 5.11 Å². The molecular weight excluding hydrogens is 283 g/mol. The van der Waals surface area contributed by atoms with Crippen molar-refractivity contribution in [3.05, 3.63) is 33.8 Å². The van der Waals surface area contributed by atoms with Gasteiger partial charge in [-0.25, -0.2) is 0 Å². The summed E-state index contributed by atoms with van der Waals surface area (Å²) in [5.74, 6) is 0. The molecule has 0 amide bonds. The average Bonchev–Trinajstić information content (AvgIpc) is 2.27. The van der Waals surface area contributed by atoms with Crippen LogP contribution in [0, 0.1) is 0 Å². The standard InChI is InChI=1S/C14H22Cl2N2O/c1-10(12-7-11(15)5-6-13(12)16)17-8-14(2,19)9-18(3)4/h5-7,10,17,19H,8-9H2,1-4H3. The van der Waals surface area contributed by atoms with Gasteiger partial charge in [0.2, 0.25) is 0 Å². The predicted molar refractivity (Wildman–Crippen MR) is 82.1 cm³/mol. The van der Waals surface area contributed by atoms with Crippen molar-refractivity contribution in [3.8, 4) is 0 Å². The maximum absolute atomic E-state index is 10.2. The number of benzene rings is 1. The summed E-state index contributed by atoms with van der Waals surface area (Å²) in [6.45, 7) is 4.89. The lowest BCUT2D eigenvalue weighted by atomic mass is 10.0. The van der Waals surface area contributed by atoms with Gasteiger partial charge in [-0.15, -0.1) is 0 Å². The Hall–Kier alpha value is -0.320. The molecule has 0 bridgehead atoms. The van der Waals surface area contributed by atoms with Crippen molar-refractivity contribution < 1.29 is 5.11 Å². The van der Waals surface area contributed by atoms with Gasteiger partial charge in [0.25, 0.3) is 0 Å². The van der Waals surface area contributed by atoms with Gasteiger partial charge in [-0.2, -0.15) is 0 Å². The number of aliphatic hydroxyl groups is 1. The van der Waals surface area contributed by atoms with Crippen molar-refractivity contribution in [2.24, 2.45) is 0 Å². The molecule has 0 saturated heterocycles. The van der Waals surface area contributed by atoms with Gasteiger partial charge in [0.1, 0.15) is 0 Å². The lowest BCUT2D eigenvalue weighted by Crippen LogP contribution is -2.46. The summed E-state index contributed by atoms with van der Waals surface area (Å²) in [6.07, 6.45) is 0. The highest BCUT2D eigenvalue weighted by molar-refractivity contribution is 6.33. The highest BCUT2D eigenvalue weighted by atomic mass is 35.5. The molecule has 2 atom stereocenters. The van der Waals surface area contributed by atoms with Crippen LogP contribution >= 0.6 is 23.2 Å². The van der Waals surface area contributed by atoms with E-state index >= 15 is 0 Å². The molecule has 0 aliphatic carbocycles. The molecular formula is C14H22Cl2N2O. The largest absolute Gasteiger partial charge is 0.388 e. The minimum absolute atomic E-state index is 0.0276. The van der Waals surface area contributed by atoms with Crippen molar-refractivity contribution in [1.82, 2.24) is 10.2 Å². The van der Waals surface area contributed by atoms with E-state index in [0.717, 1.165) is 5.56 Å². The van der Waals surface area contributed by atoms with Crippen LogP contribution in [0.25, 0.3) is 0 Å². The fourth-order valence-corrected chi connectivity index (χ4v) is 2.53. The van der Waals surface area contributed by atoms with Gasteiger partial charge in [-0.05, 0) is 51.7 Å². The van der Waals surface area contributed by atoms with Crippen LogP contribution in [0.4, 0.5) is 0 Å². The van der Waals surface area contributed by atoms with Crippen LogP contribution in [-0.2, 0) is 0 Å². The van der Waals surface area contributed by atoms with Crippen LogP contribution in [0.2, 0.25) is 10.0 Å². The molecule has 0 aliphatic heterocycles. The number of nitrogens with one attached hydrogen (secondary N) is 1. The molecule has 0 heterocycles. The second-order valence-corrected chi connectivity index (χ2v) is 6.35. The number of halogens is 2. The van der Waals surface area contributed by atoms with E-state index < -0.39 is 5.60 Å². The van der Waals surface area contributed by atoms with Gasteiger partial charge in [0, 0.05) is 29.2 Å². The van der Waals surface area contributed by atoms with Crippen molar-refractivity contribution >= 4 is 23.2 Å². The average molecular weight is 305 g/mol. The van der Waals surface area contributed by atoms with Gasteiger partial charge >= 0.3 is 0 Å². The molecule has 1 aromatic rings. The topological polar surface area (TPSA) is 35.5 Å². The second kappa shape index (κ2) is 6.91. The molecule has 1 rings (SSSR count). The highest BCUT2D eigenvalue weighted by Crippen LogP contribution is 2.26. The zero-order valence-corrected chi connectivity index (χ0v) is 13.4. The minimum Gasteiger partial charge on any atom is -0.388 e. The van der Waals surface area contributed by atoms with Crippen molar-refractivity contribution in [1.29, 1.82) is 0 Å². The third kappa shape index (κ3) is 5.67. The summed E-state index contributed by atoms with van der Waals surface area (Å²) >= 11 is 12.1. The molecule has 2 unspecified atom stereocenters. The molecule has 5 heteroatoms. The van der Waals surface area contributed by atoms with E-state index in [1.165, 1.54) is 0 Å². The molecule has 2 N–H and O–H groups in total. The number of nitrogens with zero attached hydrogens (tertiary/aromatic N) is 1. The van der Waals surface area contributed by atoms with Gasteiger partial charge in [0.05, 0.1) is 5.60 Å². The van der Waals surface area contributed by atoms with E-state index in [-0.39, 0.29) is 6.04 Å². The minimum atomic E-state index is -0.789. The zero-order valence-electron chi connectivity index (χ0n) is 11.9. The second-order valence-electron chi connectivity index (χ2n) is 5.50. The first-order chi connectivity index (χ1) is 8.71. The first-order valence-corrected chi connectivity index (χ1v) is 7.02. The molecule has 0 fully saturated rings. The SMILES string of the molecule is CC(NCC(C)(O)CN(C)C)c1cc(Cl)ccc1Cl. The van der Waals surface area contributed by atoms with E-state index in [0.29, 0.717) is 23.1 Å². The first kappa shape index (κ1) is 16.7. The third-order valence-electron chi connectivity index (χ3n) is 2.87. The van der Waals surface area contributed by atoms with Crippen molar-refractivity contribution in [3.63, 3.8) is 0 Å². The van der Waals surface area contributed by atoms with E-state index in [1.54, 1.807) is 12.1 Å². The van der Waals surface area contributed by atoms with Crippen LogP contribution < -0.4 is 5.32 Å². The summed E-state index contributed by atoms with van der Waals surface area (Å²) < 4.78 is 0. The number of hydrogen-bond donors (Lipinski definition) is 2. The highest BCUT2D eigenvalue weighted by Gasteiger charge is 2.22. The van der Waals surface area contributed by atoms with E-state index in [4.69, 9.17) is 23.2 Å². The van der Waals surface area contributed by atoms with Crippen LogP contribution in [0.3, 0.4) is 0 Å². The third-order valence-corrected chi connectivity index (χ3v) is 3.45. The summed E-state index contributed by atoms with van der Waals surface area (Å²) in [5.41, 5.74) is 0.151. The maximum Gasteiger partial charge on any atom is 0.0869 e. The number of likely N-dealkylation sites (N-methyl/N-ethyl adjacent to an activating group) is 1. The molecule has 0 aromatic heterocycles. The summed E-state index contributed by atoms with van der Waals surface area (Å²) in [7, 11) is 3.87. The monoisotopic (exact) mass is 304 g/mol. The quantitative estimate of drug-likeness (QED) is 0.848. The van der Waals surface area contributed by atoms with E-state index in [2.05, 4.69) is 5.32 Å². The Labute approximate surface area is 125 Å². The Bertz CT molecular complexity index is 422. The van der Waals surface area contributed by atoms with Gasteiger partial charge in [-0.3, -0.25) is 0 Å². The normalized spacial score (nSPS) is 16.4. The first-order valence-electron chi connectivity index (χ1n) is 6.27. The summed E-state index contributed by atoms with van der Waals surface area (Å²) in [6, 6.07) is 5.43. The fourth-order valence-electron chi connectivity index (χ4n) is 2.07. The molecule has 0 radical (unpaired) electrons. The zero-order chi connectivity index (χ0) is 14.6. The summed E-state index contributed by atoms with van der Waals surface area (Å²) in [5, 5.41) is 14.9. The predicted octanol–water partition coefficient (Wildman–Crippen LogP) is 2.96. The summed E-state index contributed by atoms with van der Waals surface area (Å²) in [4.78, 5) is 1.96. The molecule has 3 nitrogen and oxygen atoms in total. The molecule has 0 spiro atoms. The van der Waals surface area contributed by atoms with Crippen molar-refractivity contribution in [2.75, 3.05) is 27.2 Å².